The summed E-state index contributed by atoms with van der Waals surface area (Å²) in [5.74, 6) is 3.37. The summed E-state index contributed by atoms with van der Waals surface area (Å²) in [4.78, 5) is 12.8. The Balaban J connectivity index is 1.56. The summed E-state index contributed by atoms with van der Waals surface area (Å²) in [7, 11) is 1.63. The first kappa shape index (κ1) is 20.6. The summed E-state index contributed by atoms with van der Waals surface area (Å²) in [6.45, 7) is 1.27. The number of para-hydroxylation sites is 2. The summed E-state index contributed by atoms with van der Waals surface area (Å²) in [5.41, 5.74) is 0. The Morgan fingerprint density at radius 2 is 2.04 bits per heavy atom. The van der Waals surface area contributed by atoms with Crippen molar-refractivity contribution in [3.05, 3.63) is 24.3 Å². The van der Waals surface area contributed by atoms with Crippen LogP contribution in [0, 0.1) is 5.92 Å². The average molecular weight is 408 g/mol. The largest absolute Gasteiger partial charge is 0.493 e. The van der Waals surface area contributed by atoms with E-state index in [9.17, 15) is 4.79 Å². The second-order valence-electron chi connectivity index (χ2n) is 7.37. The number of ether oxygens (including phenoxy) is 2. The van der Waals surface area contributed by atoms with Gasteiger partial charge in [0.1, 0.15) is 17.3 Å². The zero-order valence-corrected chi connectivity index (χ0v) is 17.6. The molecule has 1 heterocycles. The van der Waals surface area contributed by atoms with Crippen molar-refractivity contribution in [3.8, 4) is 11.5 Å². The summed E-state index contributed by atoms with van der Waals surface area (Å²) in [6, 6.07) is 7.60. The highest BCUT2D eigenvalue weighted by Crippen LogP contribution is 2.34. The SMILES string of the molecule is COc1ccccc1OCC1(C(=S)CC(=O)CCC2CCCC2)NCCS1. The van der Waals surface area contributed by atoms with Crippen LogP contribution in [0.5, 0.6) is 11.5 Å². The Morgan fingerprint density at radius 1 is 1.30 bits per heavy atom. The zero-order valence-electron chi connectivity index (χ0n) is 16.0. The van der Waals surface area contributed by atoms with E-state index in [1.54, 1.807) is 18.9 Å². The molecule has 0 bridgehead atoms. The van der Waals surface area contributed by atoms with Gasteiger partial charge in [0.25, 0.3) is 0 Å². The molecule has 1 unspecified atom stereocenters. The van der Waals surface area contributed by atoms with E-state index in [0.29, 0.717) is 30.9 Å². The number of hydrogen-bond acceptors (Lipinski definition) is 6. The Morgan fingerprint density at radius 3 is 2.70 bits per heavy atom. The Bertz CT molecular complexity index is 653. The highest BCUT2D eigenvalue weighted by molar-refractivity contribution is 8.02. The lowest BCUT2D eigenvalue weighted by Gasteiger charge is -2.29. The van der Waals surface area contributed by atoms with Crippen LogP contribution < -0.4 is 14.8 Å². The van der Waals surface area contributed by atoms with Gasteiger partial charge in [-0.25, -0.2) is 0 Å². The van der Waals surface area contributed by atoms with Crippen molar-refractivity contribution in [3.63, 3.8) is 0 Å². The van der Waals surface area contributed by atoms with Gasteiger partial charge in [0.15, 0.2) is 11.5 Å². The van der Waals surface area contributed by atoms with Crippen molar-refractivity contribution in [2.45, 2.75) is 49.8 Å². The molecule has 148 valence electrons. The molecule has 1 saturated carbocycles. The van der Waals surface area contributed by atoms with Crippen molar-refractivity contribution in [2.75, 3.05) is 26.0 Å². The van der Waals surface area contributed by atoms with E-state index in [-0.39, 0.29) is 5.78 Å². The van der Waals surface area contributed by atoms with E-state index < -0.39 is 4.87 Å². The van der Waals surface area contributed by atoms with Crippen LogP contribution in [0.25, 0.3) is 0 Å². The van der Waals surface area contributed by atoms with Gasteiger partial charge in [0, 0.05) is 30.0 Å². The maximum Gasteiger partial charge on any atom is 0.161 e. The molecular weight excluding hydrogens is 378 g/mol. The number of hydrogen-bond donors (Lipinski definition) is 1. The van der Waals surface area contributed by atoms with Crippen molar-refractivity contribution in [1.29, 1.82) is 0 Å². The quantitative estimate of drug-likeness (QED) is 0.580. The van der Waals surface area contributed by atoms with Crippen LogP contribution in [0.2, 0.25) is 0 Å². The average Bonchev–Trinajstić information content (AvgIpc) is 3.37. The number of rotatable bonds is 10. The smallest absolute Gasteiger partial charge is 0.161 e. The summed E-state index contributed by atoms with van der Waals surface area (Å²) in [5, 5.41) is 3.48. The van der Waals surface area contributed by atoms with Crippen LogP contribution in [-0.2, 0) is 4.79 Å². The number of carbonyl (C=O) groups excluding carboxylic acids is 1. The molecule has 27 heavy (non-hydrogen) atoms. The number of thiocarbonyl (C=S) groups is 1. The lowest BCUT2D eigenvalue weighted by atomic mass is 9.97. The molecule has 2 aliphatic rings. The van der Waals surface area contributed by atoms with Crippen LogP contribution in [0.15, 0.2) is 24.3 Å². The Kier molecular flexibility index (Phi) is 7.56. The van der Waals surface area contributed by atoms with Crippen LogP contribution in [0.4, 0.5) is 0 Å². The molecule has 4 nitrogen and oxygen atoms in total. The monoisotopic (exact) mass is 407 g/mol. The second kappa shape index (κ2) is 9.89. The van der Waals surface area contributed by atoms with Gasteiger partial charge in [0.05, 0.1) is 7.11 Å². The standard InChI is InChI=1S/C21H29NO3S2/c1-24-18-8-4-5-9-19(18)25-15-21(22-12-13-27-21)20(26)14-17(23)11-10-16-6-2-3-7-16/h4-5,8-9,16,22H,2-3,6-7,10-15H2,1H3. The topological polar surface area (TPSA) is 47.6 Å². The molecule has 3 rings (SSSR count). The van der Waals surface area contributed by atoms with Crippen LogP contribution in [-0.4, -0.2) is 41.5 Å². The molecule has 1 aliphatic carbocycles. The molecule has 1 aliphatic heterocycles. The van der Waals surface area contributed by atoms with E-state index in [1.165, 1.54) is 25.7 Å². The molecule has 0 amide bonds. The Labute approximate surface area is 171 Å². The minimum absolute atomic E-state index is 0.262. The molecule has 1 atom stereocenters. The van der Waals surface area contributed by atoms with Gasteiger partial charge < -0.3 is 9.47 Å². The van der Waals surface area contributed by atoms with Crippen molar-refractivity contribution in [1.82, 2.24) is 5.32 Å². The van der Waals surface area contributed by atoms with Gasteiger partial charge >= 0.3 is 0 Å². The van der Waals surface area contributed by atoms with Gasteiger partial charge in [-0.2, -0.15) is 0 Å². The molecule has 1 saturated heterocycles. The molecule has 1 aromatic rings. The predicted octanol–water partition coefficient (Wildman–Crippen LogP) is 4.41. The molecular formula is C21H29NO3S2. The van der Waals surface area contributed by atoms with E-state index >= 15 is 0 Å². The maximum atomic E-state index is 12.5. The number of benzene rings is 1. The second-order valence-corrected chi connectivity index (χ2v) is 9.26. The lowest BCUT2D eigenvalue weighted by molar-refractivity contribution is -0.118. The van der Waals surface area contributed by atoms with Crippen molar-refractivity contribution in [2.24, 2.45) is 5.92 Å². The lowest BCUT2D eigenvalue weighted by Crippen LogP contribution is -2.50. The highest BCUT2D eigenvalue weighted by Gasteiger charge is 2.40. The highest BCUT2D eigenvalue weighted by atomic mass is 32.2. The fourth-order valence-electron chi connectivity index (χ4n) is 3.87. The number of ketones is 1. The predicted molar refractivity (Wildman–Crippen MR) is 115 cm³/mol. The number of nitrogens with one attached hydrogen (secondary N) is 1. The zero-order chi connectivity index (χ0) is 19.1. The first-order valence-corrected chi connectivity index (χ1v) is 11.2. The molecule has 1 N–H and O–H groups in total. The van der Waals surface area contributed by atoms with Gasteiger partial charge in [-0.15, -0.1) is 11.8 Å². The molecule has 6 heteroatoms. The van der Waals surface area contributed by atoms with Crippen LogP contribution in [0.3, 0.4) is 0 Å². The van der Waals surface area contributed by atoms with Gasteiger partial charge in [-0.05, 0) is 24.5 Å². The maximum absolute atomic E-state index is 12.5. The van der Waals surface area contributed by atoms with Gasteiger partial charge in [0.2, 0.25) is 0 Å². The number of Topliss-reactive ketones (excluding diaryl/α,β-unsaturated/α-hetero) is 1. The van der Waals surface area contributed by atoms with Crippen molar-refractivity contribution < 1.29 is 14.3 Å². The fraction of sp³-hybridized carbons (Fsp3) is 0.619. The normalized spacial score (nSPS) is 22.7. The molecule has 0 spiro atoms. The van der Waals surface area contributed by atoms with Crippen molar-refractivity contribution >= 4 is 34.6 Å². The van der Waals surface area contributed by atoms with Crippen LogP contribution >= 0.6 is 24.0 Å². The first-order valence-electron chi connectivity index (χ1n) is 9.83. The Hall–Kier alpha value is -1.11. The summed E-state index contributed by atoms with van der Waals surface area (Å²) < 4.78 is 11.4. The van der Waals surface area contributed by atoms with E-state index in [2.05, 4.69) is 5.32 Å². The summed E-state index contributed by atoms with van der Waals surface area (Å²) >= 11 is 7.46. The molecule has 0 radical (unpaired) electrons. The van der Waals surface area contributed by atoms with E-state index in [0.717, 1.165) is 29.5 Å². The van der Waals surface area contributed by atoms with Gasteiger partial charge in [-0.3, -0.25) is 10.1 Å². The third-order valence-corrected chi connectivity index (χ3v) is 7.51. The third kappa shape index (κ3) is 5.46. The fourth-order valence-corrected chi connectivity index (χ4v) is 5.47. The number of thioether (sulfide) groups is 1. The summed E-state index contributed by atoms with van der Waals surface area (Å²) in [6.07, 6.45) is 7.24. The van der Waals surface area contributed by atoms with E-state index in [1.807, 2.05) is 24.3 Å². The minimum atomic E-state index is -0.473. The number of carbonyl (C=O) groups is 1. The minimum Gasteiger partial charge on any atom is -0.493 e. The van der Waals surface area contributed by atoms with E-state index in [4.69, 9.17) is 21.7 Å². The third-order valence-electron chi connectivity index (χ3n) is 5.48. The van der Waals surface area contributed by atoms with Gasteiger partial charge in [-0.1, -0.05) is 50.0 Å². The molecule has 1 aromatic carbocycles. The molecule has 0 aromatic heterocycles. The molecule has 2 fully saturated rings. The van der Waals surface area contributed by atoms with Crippen LogP contribution in [0.1, 0.15) is 44.9 Å². The number of methoxy groups -OCH3 is 1. The first-order chi connectivity index (χ1) is 13.1.